The number of nitrogens with zero attached hydrogens (tertiary/aromatic N) is 1. The van der Waals surface area contributed by atoms with Crippen molar-refractivity contribution in [2.24, 2.45) is 0 Å². The van der Waals surface area contributed by atoms with E-state index in [1.807, 2.05) is 30.3 Å². The number of pyridine rings is 1. The molecular formula is C27H27N3O4S. The van der Waals surface area contributed by atoms with Crippen LogP contribution in [0.4, 0.5) is 0 Å². The minimum Gasteiger partial charge on any atom is -0.494 e. The second-order valence-electron chi connectivity index (χ2n) is 8.72. The molecule has 4 aromatic rings. The number of carbonyl (C=O) groups excluding carboxylic acids is 2. The molecule has 1 amide bonds. The van der Waals surface area contributed by atoms with Gasteiger partial charge in [-0.05, 0) is 25.5 Å². The zero-order valence-corrected chi connectivity index (χ0v) is 20.3. The van der Waals surface area contributed by atoms with Crippen molar-refractivity contribution in [2.75, 3.05) is 20.2 Å². The first-order valence-electron chi connectivity index (χ1n) is 11.8. The highest BCUT2D eigenvalue weighted by Crippen LogP contribution is 2.39. The van der Waals surface area contributed by atoms with Crippen LogP contribution in [0.25, 0.3) is 21.0 Å². The molecular weight excluding hydrogens is 462 g/mol. The lowest BCUT2D eigenvalue weighted by Crippen LogP contribution is -2.43. The Morgan fingerprint density at radius 3 is 2.63 bits per heavy atom. The third-order valence-corrected chi connectivity index (χ3v) is 7.70. The normalized spacial score (nSPS) is 15.9. The van der Waals surface area contributed by atoms with E-state index < -0.39 is 0 Å². The molecule has 1 saturated heterocycles. The van der Waals surface area contributed by atoms with Gasteiger partial charge in [0.15, 0.2) is 11.5 Å². The van der Waals surface area contributed by atoms with Gasteiger partial charge in [0.2, 0.25) is 0 Å². The largest absolute Gasteiger partial charge is 0.494 e. The number of piperidine rings is 1. The summed E-state index contributed by atoms with van der Waals surface area (Å²) in [6.07, 6.45) is 3.32. The van der Waals surface area contributed by atoms with Gasteiger partial charge in [0.1, 0.15) is 10.3 Å². The van der Waals surface area contributed by atoms with E-state index in [2.05, 4.69) is 10.6 Å². The SMILES string of the molecule is COc1c(C(=O)NC[C@H]2CCCCN2)sc2c1c(=O)n(CC(=O)c1ccccc1)c1ccccc21. The zero-order valence-electron chi connectivity index (χ0n) is 19.5. The number of hydrogen-bond acceptors (Lipinski definition) is 6. The second-order valence-corrected chi connectivity index (χ2v) is 9.74. The number of ketones is 1. The molecule has 5 rings (SSSR count). The van der Waals surface area contributed by atoms with E-state index in [0.717, 1.165) is 31.2 Å². The van der Waals surface area contributed by atoms with Crippen LogP contribution in [-0.4, -0.2) is 42.5 Å². The van der Waals surface area contributed by atoms with Crippen molar-refractivity contribution in [3.05, 3.63) is 75.4 Å². The quantitative estimate of drug-likeness (QED) is 0.384. The van der Waals surface area contributed by atoms with E-state index >= 15 is 0 Å². The van der Waals surface area contributed by atoms with Crippen molar-refractivity contribution >= 4 is 44.0 Å². The van der Waals surface area contributed by atoms with Crippen LogP contribution in [0.15, 0.2) is 59.4 Å². The maximum Gasteiger partial charge on any atom is 0.265 e. The van der Waals surface area contributed by atoms with Gasteiger partial charge in [-0.3, -0.25) is 19.0 Å². The van der Waals surface area contributed by atoms with Gasteiger partial charge >= 0.3 is 0 Å². The molecule has 1 fully saturated rings. The Morgan fingerprint density at radius 1 is 1.11 bits per heavy atom. The Bertz CT molecular complexity index is 1450. The summed E-state index contributed by atoms with van der Waals surface area (Å²) < 4.78 is 7.79. The number of aromatic nitrogens is 1. The molecule has 0 saturated carbocycles. The molecule has 2 aromatic carbocycles. The number of rotatable bonds is 7. The van der Waals surface area contributed by atoms with Gasteiger partial charge in [0.05, 0.1) is 23.9 Å². The maximum atomic E-state index is 13.7. The number of fused-ring (bicyclic) bond motifs is 3. The van der Waals surface area contributed by atoms with Gasteiger partial charge in [-0.2, -0.15) is 0 Å². The number of para-hydroxylation sites is 1. The predicted molar refractivity (Wildman–Crippen MR) is 139 cm³/mol. The number of nitrogens with one attached hydrogen (secondary N) is 2. The number of thiophene rings is 1. The minimum atomic E-state index is -0.343. The molecule has 180 valence electrons. The van der Waals surface area contributed by atoms with Crippen molar-refractivity contribution in [1.29, 1.82) is 0 Å². The van der Waals surface area contributed by atoms with Crippen LogP contribution >= 0.6 is 11.3 Å². The number of hydrogen-bond donors (Lipinski definition) is 2. The smallest absolute Gasteiger partial charge is 0.265 e. The summed E-state index contributed by atoms with van der Waals surface area (Å²) in [6, 6.07) is 16.6. The topological polar surface area (TPSA) is 89.4 Å². The fourth-order valence-electron chi connectivity index (χ4n) is 4.70. The van der Waals surface area contributed by atoms with Crippen LogP contribution < -0.4 is 20.9 Å². The first kappa shape index (κ1) is 23.3. The first-order chi connectivity index (χ1) is 17.1. The van der Waals surface area contributed by atoms with Gasteiger partial charge in [-0.15, -0.1) is 11.3 Å². The summed E-state index contributed by atoms with van der Waals surface area (Å²) in [7, 11) is 1.47. The van der Waals surface area contributed by atoms with E-state index in [1.165, 1.54) is 23.0 Å². The number of methoxy groups -OCH3 is 1. The Morgan fingerprint density at radius 2 is 1.89 bits per heavy atom. The first-order valence-corrected chi connectivity index (χ1v) is 12.6. The lowest BCUT2D eigenvalue weighted by Gasteiger charge is -2.23. The molecule has 35 heavy (non-hydrogen) atoms. The van der Waals surface area contributed by atoms with E-state index in [1.54, 1.807) is 24.3 Å². The Labute approximate surface area is 206 Å². The number of benzene rings is 2. The molecule has 1 aliphatic rings. The van der Waals surface area contributed by atoms with Crippen molar-refractivity contribution < 1.29 is 14.3 Å². The molecule has 0 aliphatic carbocycles. The Hall–Kier alpha value is -3.49. The fraction of sp³-hybridized carbons (Fsp3) is 0.296. The predicted octanol–water partition coefficient (Wildman–Crippen LogP) is 3.98. The van der Waals surface area contributed by atoms with Gasteiger partial charge in [-0.25, -0.2) is 0 Å². The summed E-state index contributed by atoms with van der Waals surface area (Å²) in [5, 5.41) is 7.57. The van der Waals surface area contributed by atoms with Crippen LogP contribution in [-0.2, 0) is 6.54 Å². The van der Waals surface area contributed by atoms with Crippen LogP contribution in [0.5, 0.6) is 5.75 Å². The third kappa shape index (κ3) is 4.47. The molecule has 2 aromatic heterocycles. The summed E-state index contributed by atoms with van der Waals surface area (Å²) in [5.41, 5.74) is 0.845. The Kier molecular flexibility index (Phi) is 6.66. The van der Waals surface area contributed by atoms with E-state index in [-0.39, 0.29) is 35.6 Å². The van der Waals surface area contributed by atoms with Crippen LogP contribution in [0, 0.1) is 0 Å². The van der Waals surface area contributed by atoms with Crippen molar-refractivity contribution in [1.82, 2.24) is 15.2 Å². The summed E-state index contributed by atoms with van der Waals surface area (Å²) in [6.45, 7) is 1.37. The minimum absolute atomic E-state index is 0.104. The molecule has 0 unspecified atom stereocenters. The van der Waals surface area contributed by atoms with Crippen molar-refractivity contribution in [2.45, 2.75) is 31.8 Å². The molecule has 1 atom stereocenters. The van der Waals surface area contributed by atoms with Gasteiger partial charge in [-0.1, -0.05) is 55.0 Å². The summed E-state index contributed by atoms with van der Waals surface area (Å²) >= 11 is 1.26. The molecule has 8 heteroatoms. The maximum absolute atomic E-state index is 13.7. The molecule has 1 aliphatic heterocycles. The van der Waals surface area contributed by atoms with Crippen LogP contribution in [0.1, 0.15) is 39.3 Å². The van der Waals surface area contributed by atoms with Crippen LogP contribution in [0.2, 0.25) is 0 Å². The zero-order chi connectivity index (χ0) is 24.4. The van der Waals surface area contributed by atoms with E-state index in [4.69, 9.17) is 4.74 Å². The van der Waals surface area contributed by atoms with Crippen molar-refractivity contribution in [3.63, 3.8) is 0 Å². The average Bonchev–Trinajstić information content (AvgIpc) is 3.31. The molecule has 0 spiro atoms. The van der Waals surface area contributed by atoms with Gasteiger partial charge < -0.3 is 15.4 Å². The van der Waals surface area contributed by atoms with Crippen molar-refractivity contribution in [3.8, 4) is 5.75 Å². The highest BCUT2D eigenvalue weighted by Gasteiger charge is 2.26. The van der Waals surface area contributed by atoms with Gasteiger partial charge in [0, 0.05) is 23.5 Å². The number of carbonyl (C=O) groups is 2. The standard InChI is InChI=1S/C27H27N3O4S/c1-34-23-22-24(35-25(23)26(32)29-15-18-11-7-8-14-28-18)19-12-5-6-13-20(19)30(27(22)33)16-21(31)17-9-3-2-4-10-17/h2-6,9-10,12-13,18,28H,7-8,11,14-16H2,1H3,(H,29,32)/t18-/m1/s1. The monoisotopic (exact) mass is 489 g/mol. The second kappa shape index (κ2) is 10.0. The third-order valence-electron chi connectivity index (χ3n) is 6.49. The lowest BCUT2D eigenvalue weighted by molar-refractivity contribution is 0.0946. The number of amides is 1. The lowest BCUT2D eigenvalue weighted by atomic mass is 10.1. The summed E-state index contributed by atoms with van der Waals surface area (Å²) in [4.78, 5) is 40.2. The molecule has 7 nitrogen and oxygen atoms in total. The highest BCUT2D eigenvalue weighted by molar-refractivity contribution is 7.22. The van der Waals surface area contributed by atoms with Gasteiger partial charge in [0.25, 0.3) is 11.5 Å². The fourth-order valence-corrected chi connectivity index (χ4v) is 5.91. The Balaban J connectivity index is 1.58. The molecule has 2 N–H and O–H groups in total. The molecule has 0 radical (unpaired) electrons. The van der Waals surface area contributed by atoms with E-state index in [0.29, 0.717) is 32.6 Å². The number of Topliss-reactive ketones (excluding diaryl/α,β-unsaturated/α-hetero) is 1. The number of ether oxygens (including phenoxy) is 1. The van der Waals surface area contributed by atoms with E-state index in [9.17, 15) is 14.4 Å². The summed E-state index contributed by atoms with van der Waals surface area (Å²) in [5.74, 6) is -0.161. The molecule has 3 heterocycles. The molecule has 0 bridgehead atoms. The highest BCUT2D eigenvalue weighted by atomic mass is 32.1. The van der Waals surface area contributed by atoms with Crippen LogP contribution in [0.3, 0.4) is 0 Å². The average molecular weight is 490 g/mol.